The van der Waals surface area contributed by atoms with E-state index in [1.807, 2.05) is 0 Å². The molecule has 0 spiro atoms. The molecule has 2 aromatic carbocycles. The van der Waals surface area contributed by atoms with Gasteiger partial charge in [-0.25, -0.2) is 9.18 Å². The zero-order valence-electron chi connectivity index (χ0n) is 18.0. The monoisotopic (exact) mass is 471 g/mol. The molecule has 11 heteroatoms. The lowest BCUT2D eigenvalue weighted by atomic mass is 10.2. The minimum atomic E-state index is -0.554. The molecular formula is C22H22FN5O4S. The van der Waals surface area contributed by atoms with E-state index in [-0.39, 0.29) is 22.8 Å². The van der Waals surface area contributed by atoms with Gasteiger partial charge in [-0.15, -0.1) is 10.2 Å². The summed E-state index contributed by atoms with van der Waals surface area (Å²) in [6.07, 6.45) is 1.48. The van der Waals surface area contributed by atoms with Crippen LogP contribution >= 0.6 is 11.3 Å². The van der Waals surface area contributed by atoms with Crippen LogP contribution in [-0.4, -0.2) is 47.8 Å². The lowest BCUT2D eigenvalue weighted by molar-refractivity contribution is 0.102. The summed E-state index contributed by atoms with van der Waals surface area (Å²) in [6.45, 7) is 0.536. The van der Waals surface area contributed by atoms with E-state index in [2.05, 4.69) is 20.8 Å². The van der Waals surface area contributed by atoms with Gasteiger partial charge < -0.3 is 25.0 Å². The molecule has 0 aliphatic carbocycles. The van der Waals surface area contributed by atoms with Crippen LogP contribution in [0.2, 0.25) is 0 Å². The number of ether oxygens (including phenoxy) is 2. The average molecular weight is 472 g/mol. The first-order valence-corrected chi connectivity index (χ1v) is 11.0. The topological polar surface area (TPSA) is 106 Å². The molecule has 3 aromatic rings. The number of nitrogens with zero attached hydrogens (tertiary/aromatic N) is 3. The number of halogens is 1. The molecule has 2 N–H and O–H groups in total. The number of benzene rings is 2. The van der Waals surface area contributed by atoms with Crippen LogP contribution in [0, 0.1) is 5.82 Å². The first kappa shape index (κ1) is 22.5. The fourth-order valence-electron chi connectivity index (χ4n) is 3.54. The molecule has 1 aliphatic rings. The number of methoxy groups -OCH3 is 2. The summed E-state index contributed by atoms with van der Waals surface area (Å²) < 4.78 is 24.3. The van der Waals surface area contributed by atoms with E-state index in [0.717, 1.165) is 17.8 Å². The predicted molar refractivity (Wildman–Crippen MR) is 122 cm³/mol. The van der Waals surface area contributed by atoms with Crippen LogP contribution < -0.4 is 20.1 Å². The van der Waals surface area contributed by atoms with Crippen molar-refractivity contribution in [3.63, 3.8) is 0 Å². The Bertz CT molecular complexity index is 1150. The number of likely N-dealkylation sites (tertiary alicyclic amines) is 1. The van der Waals surface area contributed by atoms with Gasteiger partial charge in [-0.1, -0.05) is 23.5 Å². The number of urea groups is 1. The van der Waals surface area contributed by atoms with E-state index in [9.17, 15) is 14.0 Å². The van der Waals surface area contributed by atoms with E-state index in [0.29, 0.717) is 35.2 Å². The second kappa shape index (κ2) is 9.82. The van der Waals surface area contributed by atoms with Gasteiger partial charge in [0.1, 0.15) is 22.3 Å². The van der Waals surface area contributed by atoms with E-state index in [1.165, 1.54) is 32.4 Å². The highest BCUT2D eigenvalue weighted by molar-refractivity contribution is 7.13. The molecule has 1 aromatic heterocycles. The highest BCUT2D eigenvalue weighted by Crippen LogP contribution is 2.35. The number of amides is 3. The van der Waals surface area contributed by atoms with Crippen molar-refractivity contribution in [3.05, 3.63) is 58.3 Å². The Labute approximate surface area is 193 Å². The van der Waals surface area contributed by atoms with Crippen molar-refractivity contribution in [2.45, 2.75) is 18.9 Å². The van der Waals surface area contributed by atoms with Gasteiger partial charge in [0.2, 0.25) is 5.01 Å². The normalized spacial score (nSPS) is 15.2. The van der Waals surface area contributed by atoms with Gasteiger partial charge in [0, 0.05) is 30.4 Å². The number of hydrogen-bond acceptors (Lipinski definition) is 7. The third-order valence-corrected chi connectivity index (χ3v) is 6.18. The second-order valence-electron chi connectivity index (χ2n) is 7.26. The molecule has 1 aliphatic heterocycles. The van der Waals surface area contributed by atoms with Crippen LogP contribution in [0.4, 0.5) is 20.6 Å². The van der Waals surface area contributed by atoms with Gasteiger partial charge in [-0.2, -0.15) is 0 Å². The van der Waals surface area contributed by atoms with Crippen molar-refractivity contribution in [2.24, 2.45) is 0 Å². The summed E-state index contributed by atoms with van der Waals surface area (Å²) in [4.78, 5) is 27.1. The van der Waals surface area contributed by atoms with E-state index < -0.39 is 11.7 Å². The first-order valence-electron chi connectivity index (χ1n) is 10.2. The van der Waals surface area contributed by atoms with Crippen LogP contribution in [0.25, 0.3) is 0 Å². The molecule has 0 radical (unpaired) electrons. The number of hydrogen-bond donors (Lipinski definition) is 2. The number of aromatic nitrogens is 2. The van der Waals surface area contributed by atoms with Crippen molar-refractivity contribution < 1.29 is 23.5 Å². The average Bonchev–Trinajstić information content (AvgIpc) is 3.50. The van der Waals surface area contributed by atoms with Crippen LogP contribution in [-0.2, 0) is 0 Å². The highest BCUT2D eigenvalue weighted by Gasteiger charge is 2.33. The van der Waals surface area contributed by atoms with Crippen LogP contribution in [0.15, 0.2) is 42.5 Å². The van der Waals surface area contributed by atoms with Gasteiger partial charge in [-0.3, -0.25) is 4.79 Å². The van der Waals surface area contributed by atoms with E-state index in [4.69, 9.17) is 9.47 Å². The largest absolute Gasteiger partial charge is 0.497 e. The second-order valence-corrected chi connectivity index (χ2v) is 8.27. The number of carbonyl (C=O) groups is 2. The lowest BCUT2D eigenvalue weighted by Crippen LogP contribution is -2.34. The Hall–Kier alpha value is -3.73. The zero-order chi connectivity index (χ0) is 23.4. The quantitative estimate of drug-likeness (QED) is 0.555. The third kappa shape index (κ3) is 5.03. The molecule has 33 heavy (non-hydrogen) atoms. The molecule has 1 fully saturated rings. The van der Waals surface area contributed by atoms with Gasteiger partial charge >= 0.3 is 6.03 Å². The maximum Gasteiger partial charge on any atom is 0.322 e. The summed E-state index contributed by atoms with van der Waals surface area (Å²) >= 11 is 1.08. The molecule has 0 saturated carbocycles. The van der Waals surface area contributed by atoms with E-state index >= 15 is 0 Å². The lowest BCUT2D eigenvalue weighted by Gasteiger charge is -2.23. The van der Waals surface area contributed by atoms with Crippen LogP contribution in [0.3, 0.4) is 0 Å². The molecular weight excluding hydrogens is 449 g/mol. The SMILES string of the molecule is COc1cc(NC(=O)N2CCCC2c2nnc(C(=O)Nc3ccccc3F)s2)cc(OC)c1. The Balaban J connectivity index is 1.46. The molecule has 1 unspecified atom stereocenters. The Morgan fingerprint density at radius 2 is 1.82 bits per heavy atom. The Kier molecular flexibility index (Phi) is 6.68. The Morgan fingerprint density at radius 1 is 1.09 bits per heavy atom. The van der Waals surface area contributed by atoms with Crippen molar-refractivity contribution in [3.8, 4) is 11.5 Å². The van der Waals surface area contributed by atoms with Gasteiger partial charge in [0.15, 0.2) is 0 Å². The van der Waals surface area contributed by atoms with Crippen molar-refractivity contribution in [2.75, 3.05) is 31.4 Å². The summed E-state index contributed by atoms with van der Waals surface area (Å²) in [6, 6.07) is 10.4. The van der Waals surface area contributed by atoms with Crippen molar-refractivity contribution >= 4 is 34.6 Å². The molecule has 4 rings (SSSR count). The van der Waals surface area contributed by atoms with Crippen LogP contribution in [0.5, 0.6) is 11.5 Å². The maximum absolute atomic E-state index is 13.8. The molecule has 1 saturated heterocycles. The van der Waals surface area contributed by atoms with E-state index in [1.54, 1.807) is 29.2 Å². The number of nitrogens with one attached hydrogen (secondary N) is 2. The van der Waals surface area contributed by atoms with Gasteiger partial charge in [0.25, 0.3) is 5.91 Å². The summed E-state index contributed by atoms with van der Waals surface area (Å²) in [7, 11) is 3.07. The minimum Gasteiger partial charge on any atom is -0.497 e. The van der Waals surface area contributed by atoms with Crippen molar-refractivity contribution in [1.29, 1.82) is 0 Å². The fraction of sp³-hybridized carbons (Fsp3) is 0.273. The van der Waals surface area contributed by atoms with Gasteiger partial charge in [-0.05, 0) is 25.0 Å². The van der Waals surface area contributed by atoms with Gasteiger partial charge in [0.05, 0.1) is 25.9 Å². The Morgan fingerprint density at radius 3 is 2.52 bits per heavy atom. The zero-order valence-corrected chi connectivity index (χ0v) is 18.8. The predicted octanol–water partition coefficient (Wildman–Crippen LogP) is 4.32. The van der Waals surface area contributed by atoms with Crippen LogP contribution in [0.1, 0.15) is 33.7 Å². The maximum atomic E-state index is 13.8. The number of carbonyl (C=O) groups excluding carboxylic acids is 2. The smallest absolute Gasteiger partial charge is 0.322 e. The minimum absolute atomic E-state index is 0.0647. The summed E-state index contributed by atoms with van der Waals surface area (Å²) in [5.74, 6) is 0.0132. The first-order chi connectivity index (χ1) is 16.0. The molecule has 9 nitrogen and oxygen atoms in total. The van der Waals surface area contributed by atoms with Crippen molar-refractivity contribution in [1.82, 2.24) is 15.1 Å². The molecule has 172 valence electrons. The third-order valence-electron chi connectivity index (χ3n) is 5.16. The standard InChI is InChI=1S/C22H22FN5O4S/c1-31-14-10-13(11-15(12-14)32-2)24-22(30)28-9-5-8-18(28)20-26-27-21(33-20)19(29)25-17-7-4-3-6-16(17)23/h3-4,6-7,10-12,18H,5,8-9H2,1-2H3,(H,24,30)(H,25,29). The molecule has 1 atom stereocenters. The molecule has 0 bridgehead atoms. The summed E-state index contributed by atoms with van der Waals surface area (Å²) in [5, 5.41) is 14.1. The summed E-state index contributed by atoms with van der Waals surface area (Å²) in [5.41, 5.74) is 0.596. The number of rotatable bonds is 6. The number of para-hydroxylation sites is 1. The molecule has 3 amide bonds. The highest BCUT2D eigenvalue weighted by atomic mass is 32.1. The fourth-order valence-corrected chi connectivity index (χ4v) is 4.43. The number of anilines is 2. The molecule has 2 heterocycles.